The minimum absolute atomic E-state index is 0.0135. The van der Waals surface area contributed by atoms with Crippen LogP contribution in [0.2, 0.25) is 5.02 Å². The van der Waals surface area contributed by atoms with Crippen molar-refractivity contribution in [3.05, 3.63) is 57.3 Å². The van der Waals surface area contributed by atoms with Crippen LogP contribution in [0.1, 0.15) is 10.4 Å². The van der Waals surface area contributed by atoms with Gasteiger partial charge in [0, 0.05) is 16.2 Å². The molecule has 0 aliphatic rings. The molecule has 0 fully saturated rings. The average molecular weight is 345 g/mol. The number of nitrogens with one attached hydrogen (secondary N) is 1. The Morgan fingerprint density at radius 3 is 2.63 bits per heavy atom. The van der Waals surface area contributed by atoms with Crippen LogP contribution in [0.5, 0.6) is 5.75 Å². The molecule has 2 aromatic carbocycles. The molecule has 0 bridgehead atoms. The van der Waals surface area contributed by atoms with E-state index in [-0.39, 0.29) is 5.56 Å². The standard InChI is InChI=1S/C13H8BrClFNO2/c14-10-4-2-8(6-11(10)15)17-13(19)9-3-1-7(16)5-12(9)18/h1-6,18H,(H,17,19). The fourth-order valence-electron chi connectivity index (χ4n) is 1.47. The number of phenolic OH excluding ortho intramolecular Hbond substituents is 1. The number of benzene rings is 2. The van der Waals surface area contributed by atoms with Gasteiger partial charge < -0.3 is 10.4 Å². The van der Waals surface area contributed by atoms with E-state index in [4.69, 9.17) is 11.6 Å². The molecule has 6 heteroatoms. The number of carbonyl (C=O) groups excluding carboxylic acids is 1. The maximum Gasteiger partial charge on any atom is 0.259 e. The van der Waals surface area contributed by atoms with E-state index in [1.54, 1.807) is 18.2 Å². The van der Waals surface area contributed by atoms with Gasteiger partial charge in [0.1, 0.15) is 11.6 Å². The normalized spacial score (nSPS) is 10.3. The van der Waals surface area contributed by atoms with Crippen molar-refractivity contribution >= 4 is 39.1 Å². The number of carbonyl (C=O) groups is 1. The van der Waals surface area contributed by atoms with E-state index in [9.17, 15) is 14.3 Å². The summed E-state index contributed by atoms with van der Waals surface area (Å²) >= 11 is 9.13. The van der Waals surface area contributed by atoms with Gasteiger partial charge in [-0.05, 0) is 46.3 Å². The van der Waals surface area contributed by atoms with Crippen molar-refractivity contribution in [2.75, 3.05) is 5.32 Å². The zero-order valence-electron chi connectivity index (χ0n) is 9.45. The maximum atomic E-state index is 12.8. The lowest BCUT2D eigenvalue weighted by Crippen LogP contribution is -2.12. The van der Waals surface area contributed by atoms with E-state index in [1.807, 2.05) is 0 Å². The second-order valence-electron chi connectivity index (χ2n) is 3.74. The molecule has 3 nitrogen and oxygen atoms in total. The molecular formula is C13H8BrClFNO2. The Bertz CT molecular complexity index is 649. The molecule has 0 unspecified atom stereocenters. The Morgan fingerprint density at radius 1 is 1.26 bits per heavy atom. The topological polar surface area (TPSA) is 49.3 Å². The molecule has 2 aromatic rings. The van der Waals surface area contributed by atoms with Crippen LogP contribution in [0.3, 0.4) is 0 Å². The van der Waals surface area contributed by atoms with Gasteiger partial charge >= 0.3 is 0 Å². The number of anilines is 1. The van der Waals surface area contributed by atoms with E-state index in [0.717, 1.165) is 12.1 Å². The third-order valence-corrected chi connectivity index (χ3v) is 3.61. The maximum absolute atomic E-state index is 12.8. The highest BCUT2D eigenvalue weighted by Crippen LogP contribution is 2.26. The van der Waals surface area contributed by atoms with Crippen molar-refractivity contribution in [3.8, 4) is 5.75 Å². The zero-order chi connectivity index (χ0) is 14.0. The third-order valence-electron chi connectivity index (χ3n) is 2.38. The number of halogens is 3. The van der Waals surface area contributed by atoms with Crippen LogP contribution in [0.25, 0.3) is 0 Å². The molecule has 0 aromatic heterocycles. The molecule has 0 spiro atoms. The summed E-state index contributed by atoms with van der Waals surface area (Å²) in [6, 6.07) is 8.08. The summed E-state index contributed by atoms with van der Waals surface area (Å²) in [5.74, 6) is -1.57. The number of rotatable bonds is 2. The number of aromatic hydroxyl groups is 1. The number of hydrogen-bond donors (Lipinski definition) is 2. The SMILES string of the molecule is O=C(Nc1ccc(Br)c(Cl)c1)c1ccc(F)cc1O. The van der Waals surface area contributed by atoms with E-state index in [2.05, 4.69) is 21.2 Å². The molecule has 0 aliphatic heterocycles. The van der Waals surface area contributed by atoms with E-state index < -0.39 is 17.5 Å². The first-order chi connectivity index (χ1) is 8.97. The highest BCUT2D eigenvalue weighted by atomic mass is 79.9. The lowest BCUT2D eigenvalue weighted by Gasteiger charge is -2.07. The molecular weight excluding hydrogens is 337 g/mol. The molecule has 0 heterocycles. The first-order valence-electron chi connectivity index (χ1n) is 5.22. The Balaban J connectivity index is 2.23. The van der Waals surface area contributed by atoms with Crippen LogP contribution >= 0.6 is 27.5 Å². The predicted octanol–water partition coefficient (Wildman–Crippen LogP) is 4.20. The van der Waals surface area contributed by atoms with Gasteiger partial charge in [0.15, 0.2) is 0 Å². The summed E-state index contributed by atoms with van der Waals surface area (Å²) < 4.78 is 13.5. The lowest BCUT2D eigenvalue weighted by molar-refractivity contribution is 0.102. The summed E-state index contributed by atoms with van der Waals surface area (Å²) in [5, 5.41) is 12.5. The third kappa shape index (κ3) is 3.24. The highest BCUT2D eigenvalue weighted by Gasteiger charge is 2.12. The zero-order valence-corrected chi connectivity index (χ0v) is 11.8. The quantitative estimate of drug-likeness (QED) is 0.858. The van der Waals surface area contributed by atoms with Gasteiger partial charge in [-0.15, -0.1) is 0 Å². The fraction of sp³-hybridized carbons (Fsp3) is 0. The van der Waals surface area contributed by atoms with Gasteiger partial charge in [-0.1, -0.05) is 11.6 Å². The van der Waals surface area contributed by atoms with Crippen LogP contribution in [-0.2, 0) is 0 Å². The second-order valence-corrected chi connectivity index (χ2v) is 5.01. The van der Waals surface area contributed by atoms with Crippen LogP contribution in [0.4, 0.5) is 10.1 Å². The first kappa shape index (κ1) is 13.8. The molecule has 19 heavy (non-hydrogen) atoms. The largest absolute Gasteiger partial charge is 0.507 e. The highest BCUT2D eigenvalue weighted by molar-refractivity contribution is 9.10. The van der Waals surface area contributed by atoms with Crippen LogP contribution in [-0.4, -0.2) is 11.0 Å². The van der Waals surface area contributed by atoms with Gasteiger partial charge in [-0.2, -0.15) is 0 Å². The molecule has 1 amide bonds. The average Bonchev–Trinajstić information content (AvgIpc) is 2.33. The number of hydrogen-bond acceptors (Lipinski definition) is 2. The number of phenols is 1. The Hall–Kier alpha value is -1.59. The molecule has 0 saturated carbocycles. The van der Waals surface area contributed by atoms with Crippen molar-refractivity contribution in [3.63, 3.8) is 0 Å². The Labute approximate surface area is 122 Å². The Kier molecular flexibility index (Phi) is 4.07. The van der Waals surface area contributed by atoms with E-state index in [1.165, 1.54) is 6.07 Å². The molecule has 98 valence electrons. The minimum atomic E-state index is -0.610. The number of amides is 1. The van der Waals surface area contributed by atoms with Crippen LogP contribution in [0, 0.1) is 5.82 Å². The summed E-state index contributed by atoms with van der Waals surface area (Å²) in [4.78, 5) is 11.9. The smallest absolute Gasteiger partial charge is 0.259 e. The lowest BCUT2D eigenvalue weighted by atomic mass is 10.2. The van der Waals surface area contributed by atoms with Gasteiger partial charge in [0.25, 0.3) is 5.91 Å². The van der Waals surface area contributed by atoms with Gasteiger partial charge in [-0.25, -0.2) is 4.39 Å². The molecule has 0 radical (unpaired) electrons. The summed E-state index contributed by atoms with van der Waals surface area (Å²) in [5.41, 5.74) is 0.461. The van der Waals surface area contributed by atoms with Crippen molar-refractivity contribution < 1.29 is 14.3 Å². The predicted molar refractivity (Wildman–Crippen MR) is 75.2 cm³/mol. The molecule has 0 aliphatic carbocycles. The summed E-state index contributed by atoms with van der Waals surface area (Å²) in [6.07, 6.45) is 0. The molecule has 2 rings (SSSR count). The van der Waals surface area contributed by atoms with Gasteiger partial charge in [-0.3, -0.25) is 4.79 Å². The monoisotopic (exact) mass is 343 g/mol. The summed E-state index contributed by atoms with van der Waals surface area (Å²) in [6.45, 7) is 0. The minimum Gasteiger partial charge on any atom is -0.507 e. The van der Waals surface area contributed by atoms with Crippen molar-refractivity contribution in [1.82, 2.24) is 0 Å². The first-order valence-corrected chi connectivity index (χ1v) is 6.39. The fourth-order valence-corrected chi connectivity index (χ4v) is 1.90. The van der Waals surface area contributed by atoms with E-state index in [0.29, 0.717) is 15.2 Å². The molecule has 0 saturated heterocycles. The molecule has 2 N–H and O–H groups in total. The van der Waals surface area contributed by atoms with Gasteiger partial charge in [0.2, 0.25) is 0 Å². The second kappa shape index (κ2) is 5.59. The van der Waals surface area contributed by atoms with E-state index >= 15 is 0 Å². The Morgan fingerprint density at radius 2 is 2.00 bits per heavy atom. The van der Waals surface area contributed by atoms with Crippen molar-refractivity contribution in [2.45, 2.75) is 0 Å². The van der Waals surface area contributed by atoms with Crippen molar-refractivity contribution in [1.29, 1.82) is 0 Å². The van der Waals surface area contributed by atoms with Crippen molar-refractivity contribution in [2.24, 2.45) is 0 Å². The summed E-state index contributed by atoms with van der Waals surface area (Å²) in [7, 11) is 0. The molecule has 0 atom stereocenters. The van der Waals surface area contributed by atoms with Crippen LogP contribution < -0.4 is 5.32 Å². The van der Waals surface area contributed by atoms with Gasteiger partial charge in [0.05, 0.1) is 10.6 Å². The van der Waals surface area contributed by atoms with Crippen LogP contribution in [0.15, 0.2) is 40.9 Å².